The van der Waals surface area contributed by atoms with E-state index in [0.717, 1.165) is 24.2 Å². The number of esters is 1. The number of carbonyl (C=O) groups is 3. The molecule has 0 bridgehead atoms. The summed E-state index contributed by atoms with van der Waals surface area (Å²) in [7, 11) is 3.16. The molecule has 8 nitrogen and oxygen atoms in total. The summed E-state index contributed by atoms with van der Waals surface area (Å²) in [6.45, 7) is 3.28. The molecule has 2 amide bonds. The van der Waals surface area contributed by atoms with Crippen molar-refractivity contribution in [2.75, 3.05) is 26.0 Å². The van der Waals surface area contributed by atoms with E-state index in [0.29, 0.717) is 22.6 Å². The van der Waals surface area contributed by atoms with Gasteiger partial charge < -0.3 is 15.0 Å². The molecule has 1 N–H and O–H groups in total. The summed E-state index contributed by atoms with van der Waals surface area (Å²) < 4.78 is 33.0. The van der Waals surface area contributed by atoms with Crippen LogP contribution in [0, 0.1) is 6.92 Å². The third kappa shape index (κ3) is 5.35. The fourth-order valence-electron chi connectivity index (χ4n) is 3.30. The van der Waals surface area contributed by atoms with Crippen LogP contribution in [0.3, 0.4) is 0 Å². The number of rotatable bonds is 9. The molecule has 0 aliphatic heterocycles. The van der Waals surface area contributed by atoms with E-state index in [1.807, 2.05) is 6.92 Å². The van der Waals surface area contributed by atoms with Crippen molar-refractivity contribution in [3.05, 3.63) is 32.4 Å². The molecule has 180 valence electrons. The lowest BCUT2D eigenvalue weighted by Crippen LogP contribution is -2.22. The summed E-state index contributed by atoms with van der Waals surface area (Å²) in [4.78, 5) is 39.7. The van der Waals surface area contributed by atoms with Gasteiger partial charge in [0.15, 0.2) is 0 Å². The zero-order valence-corrected chi connectivity index (χ0v) is 20.3. The molecule has 0 radical (unpaired) electrons. The molecular formula is C21H25ClF2N4O4S. The highest BCUT2D eigenvalue weighted by Crippen LogP contribution is 2.45. The Hall–Kier alpha value is -2.53. The molecule has 33 heavy (non-hydrogen) atoms. The van der Waals surface area contributed by atoms with E-state index in [1.54, 1.807) is 21.0 Å². The van der Waals surface area contributed by atoms with Gasteiger partial charge in [-0.15, -0.1) is 11.3 Å². The molecule has 0 aromatic carbocycles. The summed E-state index contributed by atoms with van der Waals surface area (Å²) in [5.41, 5.74) is 0.355. The van der Waals surface area contributed by atoms with Gasteiger partial charge >= 0.3 is 5.97 Å². The van der Waals surface area contributed by atoms with Crippen LogP contribution < -0.4 is 5.32 Å². The molecule has 0 unspecified atom stereocenters. The lowest BCUT2D eigenvalue weighted by atomic mass is 10.1. The summed E-state index contributed by atoms with van der Waals surface area (Å²) in [5.74, 6) is -1.58. The first-order chi connectivity index (χ1) is 15.6. The topological polar surface area (TPSA) is 93.5 Å². The molecular weight excluding hydrogens is 478 g/mol. The van der Waals surface area contributed by atoms with E-state index in [1.165, 1.54) is 9.58 Å². The first-order valence-corrected chi connectivity index (χ1v) is 11.6. The highest BCUT2D eigenvalue weighted by Gasteiger charge is 2.35. The number of ether oxygens (including phenoxy) is 1. The van der Waals surface area contributed by atoms with Gasteiger partial charge in [-0.2, -0.15) is 5.10 Å². The molecule has 2 aromatic rings. The maximum absolute atomic E-state index is 13.3. The minimum atomic E-state index is -2.86. The number of carbonyl (C=O) groups excluding carboxylic acids is 3. The van der Waals surface area contributed by atoms with Gasteiger partial charge in [-0.25, -0.2) is 13.6 Å². The standard InChI is InChI=1S/C21H25ClF2N4O4S/c1-5-8-32-21(31)13-10(2)17(20(30)27(3)4)33-19(13)25-12(29)9-28-16(11-6-7-11)14(22)15(26-28)18(23)24/h11,18H,5-9H2,1-4H3,(H,25,29). The van der Waals surface area contributed by atoms with Crippen LogP contribution >= 0.6 is 22.9 Å². The van der Waals surface area contributed by atoms with Crippen molar-refractivity contribution in [2.45, 2.75) is 52.0 Å². The average molecular weight is 503 g/mol. The number of amides is 2. The molecule has 12 heteroatoms. The van der Waals surface area contributed by atoms with Crippen LogP contribution in [-0.2, 0) is 16.1 Å². The number of hydrogen-bond donors (Lipinski definition) is 1. The third-order valence-electron chi connectivity index (χ3n) is 5.06. The second-order valence-corrected chi connectivity index (χ2v) is 9.36. The van der Waals surface area contributed by atoms with Gasteiger partial charge in [0, 0.05) is 20.0 Å². The second kappa shape index (κ2) is 10.2. The highest BCUT2D eigenvalue weighted by atomic mass is 35.5. The average Bonchev–Trinajstić information content (AvgIpc) is 3.45. The van der Waals surface area contributed by atoms with Crippen molar-refractivity contribution in [3.8, 4) is 0 Å². The van der Waals surface area contributed by atoms with Crippen molar-refractivity contribution in [2.24, 2.45) is 0 Å². The van der Waals surface area contributed by atoms with Gasteiger partial charge in [0.25, 0.3) is 12.3 Å². The highest BCUT2D eigenvalue weighted by molar-refractivity contribution is 7.18. The van der Waals surface area contributed by atoms with Gasteiger partial charge in [-0.1, -0.05) is 18.5 Å². The number of thiophene rings is 1. The van der Waals surface area contributed by atoms with Crippen LogP contribution in [0.1, 0.15) is 75.5 Å². The molecule has 3 rings (SSSR count). The maximum Gasteiger partial charge on any atom is 0.341 e. The Morgan fingerprint density at radius 2 is 2.00 bits per heavy atom. The lowest BCUT2D eigenvalue weighted by Gasteiger charge is -2.09. The summed E-state index contributed by atoms with van der Waals surface area (Å²) in [6.07, 6.45) is -0.692. The van der Waals surface area contributed by atoms with E-state index in [-0.39, 0.29) is 40.6 Å². The molecule has 1 fully saturated rings. The van der Waals surface area contributed by atoms with Crippen LogP contribution in [0.5, 0.6) is 0 Å². The largest absolute Gasteiger partial charge is 0.462 e. The van der Waals surface area contributed by atoms with Crippen LogP contribution in [0.25, 0.3) is 0 Å². The van der Waals surface area contributed by atoms with Gasteiger partial charge in [0.05, 0.1) is 27.8 Å². The number of nitrogens with zero attached hydrogens (tertiary/aromatic N) is 3. The Morgan fingerprint density at radius 3 is 2.55 bits per heavy atom. The van der Waals surface area contributed by atoms with Crippen LogP contribution in [0.4, 0.5) is 13.8 Å². The first-order valence-electron chi connectivity index (χ1n) is 10.4. The minimum absolute atomic E-state index is 0.0156. The van der Waals surface area contributed by atoms with Crippen molar-refractivity contribution in [1.29, 1.82) is 0 Å². The van der Waals surface area contributed by atoms with Crippen molar-refractivity contribution >= 4 is 45.7 Å². The monoisotopic (exact) mass is 502 g/mol. The SMILES string of the molecule is CCCOC(=O)c1c(NC(=O)Cn2nc(C(F)F)c(Cl)c2C2CC2)sc(C(=O)N(C)C)c1C. The smallest absolute Gasteiger partial charge is 0.341 e. The van der Waals surface area contributed by atoms with Gasteiger partial charge in [0.2, 0.25) is 5.91 Å². The van der Waals surface area contributed by atoms with Crippen LogP contribution in [0.15, 0.2) is 0 Å². The fraction of sp³-hybridized carbons (Fsp3) is 0.524. The van der Waals surface area contributed by atoms with E-state index in [4.69, 9.17) is 16.3 Å². The number of anilines is 1. The van der Waals surface area contributed by atoms with Crippen molar-refractivity contribution in [1.82, 2.24) is 14.7 Å². The van der Waals surface area contributed by atoms with E-state index in [2.05, 4.69) is 10.4 Å². The van der Waals surface area contributed by atoms with Gasteiger partial charge in [-0.05, 0) is 31.7 Å². The maximum atomic E-state index is 13.3. The van der Waals surface area contributed by atoms with E-state index >= 15 is 0 Å². The number of aromatic nitrogens is 2. The molecule has 0 saturated heterocycles. The summed E-state index contributed by atoms with van der Waals surface area (Å²) >= 11 is 7.07. The fourth-order valence-corrected chi connectivity index (χ4v) is 4.91. The number of hydrogen-bond acceptors (Lipinski definition) is 6. The van der Waals surface area contributed by atoms with Crippen molar-refractivity contribution in [3.63, 3.8) is 0 Å². The van der Waals surface area contributed by atoms with Crippen LogP contribution in [-0.4, -0.2) is 53.2 Å². The zero-order valence-electron chi connectivity index (χ0n) is 18.7. The lowest BCUT2D eigenvalue weighted by molar-refractivity contribution is -0.116. The van der Waals surface area contributed by atoms with Crippen molar-refractivity contribution < 1.29 is 27.9 Å². The molecule has 0 atom stereocenters. The van der Waals surface area contributed by atoms with Gasteiger partial charge in [0.1, 0.15) is 17.2 Å². The molecule has 0 spiro atoms. The van der Waals surface area contributed by atoms with E-state index < -0.39 is 24.0 Å². The first kappa shape index (κ1) is 25.1. The Bertz CT molecular complexity index is 1080. The molecule has 1 aliphatic carbocycles. The molecule has 2 aromatic heterocycles. The summed E-state index contributed by atoms with van der Waals surface area (Å²) in [5, 5.41) is 6.52. The predicted octanol–water partition coefficient (Wildman–Crippen LogP) is 4.63. The summed E-state index contributed by atoms with van der Waals surface area (Å²) in [6, 6.07) is 0. The Morgan fingerprint density at radius 1 is 1.33 bits per heavy atom. The molecule has 2 heterocycles. The Balaban J connectivity index is 1.90. The second-order valence-electron chi connectivity index (χ2n) is 7.96. The third-order valence-corrected chi connectivity index (χ3v) is 6.64. The Labute approximate surface area is 198 Å². The Kier molecular flexibility index (Phi) is 7.73. The predicted molar refractivity (Wildman–Crippen MR) is 120 cm³/mol. The van der Waals surface area contributed by atoms with E-state index in [9.17, 15) is 23.2 Å². The van der Waals surface area contributed by atoms with Gasteiger partial charge in [-0.3, -0.25) is 14.3 Å². The van der Waals surface area contributed by atoms with Crippen LogP contribution in [0.2, 0.25) is 5.02 Å². The quantitative estimate of drug-likeness (QED) is 0.505. The number of alkyl halides is 2. The molecule has 1 saturated carbocycles. The minimum Gasteiger partial charge on any atom is -0.462 e. The zero-order chi connectivity index (χ0) is 24.4. The number of nitrogens with one attached hydrogen (secondary N) is 1. The normalized spacial score (nSPS) is 13.3. The number of halogens is 3. The molecule has 1 aliphatic rings.